The van der Waals surface area contributed by atoms with Crippen molar-refractivity contribution in [3.05, 3.63) is 46.3 Å². The fourth-order valence-corrected chi connectivity index (χ4v) is 5.79. The van der Waals surface area contributed by atoms with Crippen LogP contribution in [-0.4, -0.2) is 32.0 Å². The van der Waals surface area contributed by atoms with Gasteiger partial charge in [-0.2, -0.15) is 18.3 Å². The summed E-state index contributed by atoms with van der Waals surface area (Å²) in [5.41, 5.74) is 1.54. The number of nitrogens with zero attached hydrogens (tertiary/aromatic N) is 1. The van der Waals surface area contributed by atoms with Gasteiger partial charge in [0.1, 0.15) is 0 Å². The second-order valence-corrected chi connectivity index (χ2v) is 10.5. The number of alkyl halides is 3. The highest BCUT2D eigenvalue weighted by molar-refractivity contribution is 8.01. The van der Waals surface area contributed by atoms with Crippen LogP contribution in [0.15, 0.2) is 44.5 Å². The highest BCUT2D eigenvalue weighted by atomic mass is 32.2. The van der Waals surface area contributed by atoms with Gasteiger partial charge in [0.05, 0.1) is 31.0 Å². The monoisotopic (exact) mass is 450 g/mol. The molecule has 2 rings (SSSR count). The molecule has 0 spiro atoms. The van der Waals surface area contributed by atoms with Gasteiger partial charge >= 0.3 is 6.18 Å². The average molecular weight is 451 g/mol. The van der Waals surface area contributed by atoms with Gasteiger partial charge in [-0.05, 0) is 43.9 Å². The Morgan fingerprint density at radius 3 is 2.54 bits per heavy atom. The van der Waals surface area contributed by atoms with E-state index in [1.807, 2.05) is 0 Å². The topological polar surface area (TPSA) is 75.6 Å². The summed E-state index contributed by atoms with van der Waals surface area (Å²) >= 11 is 2.23. The van der Waals surface area contributed by atoms with Crippen molar-refractivity contribution in [2.24, 2.45) is 5.10 Å². The van der Waals surface area contributed by atoms with Gasteiger partial charge in [0, 0.05) is 0 Å². The molecule has 0 unspecified atom stereocenters. The third-order valence-electron chi connectivity index (χ3n) is 3.60. The van der Waals surface area contributed by atoms with Crippen LogP contribution in [0.1, 0.15) is 34.6 Å². The number of carbonyl (C=O) groups is 1. The van der Waals surface area contributed by atoms with Gasteiger partial charge in [-0.15, -0.1) is 23.1 Å². The summed E-state index contributed by atoms with van der Waals surface area (Å²) in [6, 6.07) is 5.78. The molecule has 1 amide bonds. The fraction of sp³-hybridized carbons (Fsp3) is 0.294. The molecule has 0 fully saturated rings. The second-order valence-electron chi connectivity index (χ2n) is 5.88. The molecular formula is C17H17F3N2O3S3. The van der Waals surface area contributed by atoms with Crippen LogP contribution in [0.4, 0.5) is 13.2 Å². The van der Waals surface area contributed by atoms with E-state index in [4.69, 9.17) is 0 Å². The minimum absolute atomic E-state index is 0.0898. The normalized spacial score (nSPS) is 12.7. The molecule has 1 aromatic heterocycles. The quantitative estimate of drug-likeness (QED) is 0.401. The van der Waals surface area contributed by atoms with Gasteiger partial charge in [-0.3, -0.25) is 4.79 Å². The SMILES string of the molecule is CSc1sc(C(=O)NN=Cc2cccc(C(F)(F)F)c2)cc1S(=O)(=O)C(C)C. The summed E-state index contributed by atoms with van der Waals surface area (Å²) in [4.78, 5) is 12.5. The second kappa shape index (κ2) is 8.66. The zero-order valence-electron chi connectivity index (χ0n) is 15.1. The molecule has 1 N–H and O–H groups in total. The van der Waals surface area contributed by atoms with Gasteiger partial charge in [0.25, 0.3) is 5.91 Å². The maximum absolute atomic E-state index is 12.7. The third-order valence-corrected chi connectivity index (χ3v) is 8.30. The van der Waals surface area contributed by atoms with Crippen molar-refractivity contribution in [1.29, 1.82) is 0 Å². The minimum atomic E-state index is -4.48. The molecule has 0 bridgehead atoms. The van der Waals surface area contributed by atoms with Crippen LogP contribution in [-0.2, 0) is 16.0 Å². The van der Waals surface area contributed by atoms with Crippen molar-refractivity contribution in [3.8, 4) is 0 Å². The summed E-state index contributed by atoms with van der Waals surface area (Å²) in [5, 5.41) is 3.03. The van der Waals surface area contributed by atoms with Crippen LogP contribution >= 0.6 is 23.1 Å². The number of thiophene rings is 1. The fourth-order valence-electron chi connectivity index (χ4n) is 2.08. The van der Waals surface area contributed by atoms with Crippen molar-refractivity contribution in [2.75, 3.05) is 6.26 Å². The molecule has 152 valence electrons. The summed E-state index contributed by atoms with van der Waals surface area (Å²) in [5.74, 6) is -0.645. The molecule has 0 aliphatic carbocycles. The van der Waals surface area contributed by atoms with E-state index in [9.17, 15) is 26.4 Å². The molecule has 1 heterocycles. The summed E-state index contributed by atoms with van der Waals surface area (Å²) in [6.07, 6.45) is -1.68. The maximum atomic E-state index is 12.7. The molecule has 0 saturated carbocycles. The lowest BCUT2D eigenvalue weighted by atomic mass is 10.1. The molecule has 2 aromatic rings. The molecule has 5 nitrogen and oxygen atoms in total. The van der Waals surface area contributed by atoms with E-state index < -0.39 is 32.7 Å². The molecule has 1 aromatic carbocycles. The predicted octanol–water partition coefficient (Wildman–Crippen LogP) is 4.43. The molecule has 11 heteroatoms. The predicted molar refractivity (Wildman–Crippen MR) is 105 cm³/mol. The summed E-state index contributed by atoms with van der Waals surface area (Å²) in [6.45, 7) is 3.10. The van der Waals surface area contributed by atoms with Crippen molar-refractivity contribution < 1.29 is 26.4 Å². The van der Waals surface area contributed by atoms with Crippen molar-refractivity contribution in [3.63, 3.8) is 0 Å². The van der Waals surface area contributed by atoms with Crippen molar-refractivity contribution in [2.45, 2.75) is 34.4 Å². The number of hydrogen-bond acceptors (Lipinski definition) is 6. The Morgan fingerprint density at radius 1 is 1.29 bits per heavy atom. The molecule has 0 atom stereocenters. The lowest BCUT2D eigenvalue weighted by Crippen LogP contribution is -2.17. The highest BCUT2D eigenvalue weighted by Gasteiger charge is 2.30. The molecule has 0 aliphatic rings. The molecule has 0 saturated heterocycles. The molecule has 0 aliphatic heterocycles. The van der Waals surface area contributed by atoms with Crippen LogP contribution in [0.25, 0.3) is 0 Å². The van der Waals surface area contributed by atoms with Gasteiger partial charge < -0.3 is 0 Å². The van der Waals surface area contributed by atoms with Gasteiger partial charge in [0.15, 0.2) is 9.84 Å². The number of carbonyl (C=O) groups excluding carboxylic acids is 1. The van der Waals surface area contributed by atoms with Crippen molar-refractivity contribution in [1.82, 2.24) is 5.43 Å². The lowest BCUT2D eigenvalue weighted by Gasteiger charge is -2.06. The first-order valence-electron chi connectivity index (χ1n) is 7.89. The molecular weight excluding hydrogens is 433 g/mol. The van der Waals surface area contributed by atoms with Crippen LogP contribution in [0.2, 0.25) is 0 Å². The van der Waals surface area contributed by atoms with E-state index in [-0.39, 0.29) is 15.3 Å². The zero-order valence-corrected chi connectivity index (χ0v) is 17.5. The highest BCUT2D eigenvalue weighted by Crippen LogP contribution is 2.35. The van der Waals surface area contributed by atoms with E-state index in [0.717, 1.165) is 29.7 Å². The first kappa shape index (κ1) is 22.4. The van der Waals surface area contributed by atoms with Crippen LogP contribution in [0.3, 0.4) is 0 Å². The average Bonchev–Trinajstić information content (AvgIpc) is 3.06. The number of hydrazone groups is 1. The van der Waals surface area contributed by atoms with Crippen LogP contribution < -0.4 is 5.43 Å². The number of hydrogen-bond donors (Lipinski definition) is 1. The Hall–Kier alpha value is -1.85. The van der Waals surface area contributed by atoms with Crippen molar-refractivity contribution >= 4 is 45.1 Å². The smallest absolute Gasteiger partial charge is 0.266 e. The Labute approximate surface area is 169 Å². The van der Waals surface area contributed by atoms with E-state index in [0.29, 0.717) is 4.21 Å². The Balaban J connectivity index is 2.18. The zero-order chi connectivity index (χ0) is 21.1. The summed E-state index contributed by atoms with van der Waals surface area (Å²) in [7, 11) is -3.55. The number of thioether (sulfide) groups is 1. The number of amides is 1. The number of rotatable bonds is 6. The summed E-state index contributed by atoms with van der Waals surface area (Å²) < 4.78 is 63.4. The van der Waals surface area contributed by atoms with E-state index >= 15 is 0 Å². The van der Waals surface area contributed by atoms with Gasteiger partial charge in [0.2, 0.25) is 0 Å². The van der Waals surface area contributed by atoms with Gasteiger partial charge in [-0.25, -0.2) is 13.8 Å². The number of benzene rings is 1. The standard InChI is InChI=1S/C17H17F3N2O3S3/c1-10(2)28(24,25)14-8-13(27-16(14)26-3)15(23)22-21-9-11-5-4-6-12(7-11)17(18,19)20/h4-10H,1-3H3,(H,22,23). The molecule has 0 radical (unpaired) electrons. The van der Waals surface area contributed by atoms with Gasteiger partial charge in [-0.1, -0.05) is 12.1 Å². The Kier molecular flexibility index (Phi) is 6.94. The lowest BCUT2D eigenvalue weighted by molar-refractivity contribution is -0.137. The number of sulfone groups is 1. The first-order chi connectivity index (χ1) is 13.0. The third kappa shape index (κ3) is 5.15. The van der Waals surface area contributed by atoms with E-state index in [2.05, 4.69) is 10.5 Å². The van der Waals surface area contributed by atoms with E-state index in [1.54, 1.807) is 20.1 Å². The maximum Gasteiger partial charge on any atom is 0.416 e. The Morgan fingerprint density at radius 2 is 1.96 bits per heavy atom. The Bertz CT molecular complexity index is 997. The van der Waals surface area contributed by atoms with E-state index in [1.165, 1.54) is 30.0 Å². The largest absolute Gasteiger partial charge is 0.416 e. The van der Waals surface area contributed by atoms with Crippen LogP contribution in [0, 0.1) is 0 Å². The minimum Gasteiger partial charge on any atom is -0.266 e. The first-order valence-corrected chi connectivity index (χ1v) is 11.5. The van der Waals surface area contributed by atoms with Crippen LogP contribution in [0.5, 0.6) is 0 Å². The number of nitrogens with one attached hydrogen (secondary N) is 1. The number of halogens is 3. The molecule has 28 heavy (non-hydrogen) atoms.